The minimum absolute atomic E-state index is 0.0323. The molecule has 2 heterocycles. The summed E-state index contributed by atoms with van der Waals surface area (Å²) >= 11 is 0. The van der Waals surface area contributed by atoms with E-state index in [0.717, 1.165) is 57.4 Å². The van der Waals surface area contributed by atoms with Gasteiger partial charge >= 0.3 is 0 Å². The van der Waals surface area contributed by atoms with Crippen LogP contribution in [0.15, 0.2) is 18.3 Å². The standard InChI is InChI=1S/C17H25N3O2/c21-14-8-6-13(7-9-14)19-17(22)15-5-4-10-18-16(15)20-11-2-1-3-12-20/h4-5,10,13-14,21H,1-3,6-9,11-12H2,(H,19,22). The smallest absolute Gasteiger partial charge is 0.255 e. The second-order valence-electron chi connectivity index (χ2n) is 6.40. The molecule has 1 saturated heterocycles. The molecule has 0 bridgehead atoms. The molecule has 2 aliphatic rings. The number of nitrogens with zero attached hydrogens (tertiary/aromatic N) is 2. The lowest BCUT2D eigenvalue weighted by molar-refractivity contribution is 0.0867. The Morgan fingerprint density at radius 1 is 1.18 bits per heavy atom. The minimum atomic E-state index is -0.199. The van der Waals surface area contributed by atoms with E-state index in [1.807, 2.05) is 12.1 Å². The minimum Gasteiger partial charge on any atom is -0.393 e. The maximum absolute atomic E-state index is 12.6. The highest BCUT2D eigenvalue weighted by Gasteiger charge is 2.24. The molecule has 3 rings (SSSR count). The summed E-state index contributed by atoms with van der Waals surface area (Å²) in [6, 6.07) is 3.86. The van der Waals surface area contributed by atoms with Crippen molar-refractivity contribution in [3.8, 4) is 0 Å². The van der Waals surface area contributed by atoms with Gasteiger partial charge in [0.25, 0.3) is 5.91 Å². The molecular weight excluding hydrogens is 278 g/mol. The van der Waals surface area contributed by atoms with E-state index in [9.17, 15) is 9.90 Å². The quantitative estimate of drug-likeness (QED) is 0.897. The van der Waals surface area contributed by atoms with Crippen LogP contribution in [-0.4, -0.2) is 41.2 Å². The van der Waals surface area contributed by atoms with Gasteiger partial charge in [-0.1, -0.05) is 0 Å². The average Bonchev–Trinajstić information content (AvgIpc) is 2.58. The van der Waals surface area contributed by atoms with Gasteiger partial charge in [0, 0.05) is 25.3 Å². The highest BCUT2D eigenvalue weighted by Crippen LogP contribution is 2.23. The van der Waals surface area contributed by atoms with Gasteiger partial charge in [0.15, 0.2) is 0 Å². The fraction of sp³-hybridized carbons (Fsp3) is 0.647. The Bertz CT molecular complexity index is 506. The van der Waals surface area contributed by atoms with Crippen LogP contribution < -0.4 is 10.2 Å². The zero-order valence-corrected chi connectivity index (χ0v) is 13.0. The summed E-state index contributed by atoms with van der Waals surface area (Å²) in [4.78, 5) is 19.3. The van der Waals surface area contributed by atoms with Gasteiger partial charge in [-0.15, -0.1) is 0 Å². The lowest BCUT2D eigenvalue weighted by Crippen LogP contribution is -2.40. The Hall–Kier alpha value is -1.62. The monoisotopic (exact) mass is 303 g/mol. The molecule has 1 aliphatic heterocycles. The number of nitrogens with one attached hydrogen (secondary N) is 1. The number of carbonyl (C=O) groups excluding carboxylic acids is 1. The number of amides is 1. The first-order valence-corrected chi connectivity index (χ1v) is 8.43. The van der Waals surface area contributed by atoms with E-state index < -0.39 is 0 Å². The van der Waals surface area contributed by atoms with E-state index >= 15 is 0 Å². The second-order valence-corrected chi connectivity index (χ2v) is 6.40. The van der Waals surface area contributed by atoms with E-state index in [-0.39, 0.29) is 18.1 Å². The number of aromatic nitrogens is 1. The number of piperidine rings is 1. The van der Waals surface area contributed by atoms with Gasteiger partial charge in [0.1, 0.15) is 5.82 Å². The predicted octanol–water partition coefficient (Wildman–Crippen LogP) is 2.11. The molecule has 0 unspecified atom stereocenters. The Morgan fingerprint density at radius 3 is 2.64 bits per heavy atom. The first kappa shape index (κ1) is 15.3. The first-order valence-electron chi connectivity index (χ1n) is 8.43. The Labute approximate surface area is 131 Å². The molecule has 5 nitrogen and oxygen atoms in total. The fourth-order valence-corrected chi connectivity index (χ4v) is 3.42. The van der Waals surface area contributed by atoms with Gasteiger partial charge in [-0.3, -0.25) is 4.79 Å². The Kier molecular flexibility index (Phi) is 4.93. The summed E-state index contributed by atoms with van der Waals surface area (Å²) < 4.78 is 0. The number of hydrogen-bond donors (Lipinski definition) is 2. The highest BCUT2D eigenvalue weighted by molar-refractivity contribution is 5.99. The topological polar surface area (TPSA) is 65.5 Å². The van der Waals surface area contributed by atoms with Gasteiger partial charge in [0.05, 0.1) is 11.7 Å². The maximum atomic E-state index is 12.6. The van der Waals surface area contributed by atoms with Crippen molar-refractivity contribution in [3.05, 3.63) is 23.9 Å². The molecule has 1 aliphatic carbocycles. The van der Waals surface area contributed by atoms with Crippen LogP contribution in [0.5, 0.6) is 0 Å². The molecular formula is C17H25N3O2. The highest BCUT2D eigenvalue weighted by atomic mass is 16.3. The predicted molar refractivity (Wildman–Crippen MR) is 86.0 cm³/mol. The lowest BCUT2D eigenvalue weighted by Gasteiger charge is -2.30. The van der Waals surface area contributed by atoms with E-state index in [1.54, 1.807) is 6.20 Å². The maximum Gasteiger partial charge on any atom is 0.255 e. The summed E-state index contributed by atoms with van der Waals surface area (Å²) in [5.74, 6) is 0.783. The number of aliphatic hydroxyl groups is 1. The van der Waals surface area contributed by atoms with E-state index in [0.29, 0.717) is 5.56 Å². The number of aliphatic hydroxyl groups excluding tert-OH is 1. The van der Waals surface area contributed by atoms with Crippen LogP contribution in [-0.2, 0) is 0 Å². The molecule has 1 saturated carbocycles. The van der Waals surface area contributed by atoms with Crippen molar-refractivity contribution >= 4 is 11.7 Å². The molecule has 5 heteroatoms. The molecule has 2 fully saturated rings. The van der Waals surface area contributed by atoms with E-state index in [2.05, 4.69) is 15.2 Å². The van der Waals surface area contributed by atoms with Crippen LogP contribution in [0.4, 0.5) is 5.82 Å². The molecule has 0 atom stereocenters. The molecule has 0 spiro atoms. The van der Waals surface area contributed by atoms with Gasteiger partial charge < -0.3 is 15.3 Å². The summed E-state index contributed by atoms with van der Waals surface area (Å²) in [5.41, 5.74) is 0.676. The third kappa shape index (κ3) is 3.58. The van der Waals surface area contributed by atoms with Crippen molar-refractivity contribution < 1.29 is 9.90 Å². The first-order chi connectivity index (χ1) is 10.7. The third-order valence-corrected chi connectivity index (χ3v) is 4.72. The molecule has 2 N–H and O–H groups in total. The summed E-state index contributed by atoms with van der Waals surface area (Å²) in [5, 5.41) is 12.7. The van der Waals surface area contributed by atoms with Gasteiger partial charge in [-0.25, -0.2) is 4.98 Å². The molecule has 0 radical (unpaired) electrons. The third-order valence-electron chi connectivity index (χ3n) is 4.72. The van der Waals surface area contributed by atoms with Crippen molar-refractivity contribution in [2.75, 3.05) is 18.0 Å². The molecule has 22 heavy (non-hydrogen) atoms. The van der Waals surface area contributed by atoms with Gasteiger partial charge in [-0.05, 0) is 57.1 Å². The number of hydrogen-bond acceptors (Lipinski definition) is 4. The van der Waals surface area contributed by atoms with Crippen molar-refractivity contribution in [2.24, 2.45) is 0 Å². The molecule has 1 aromatic heterocycles. The number of anilines is 1. The summed E-state index contributed by atoms with van der Waals surface area (Å²) in [6.45, 7) is 1.96. The lowest BCUT2D eigenvalue weighted by atomic mass is 9.93. The summed E-state index contributed by atoms with van der Waals surface area (Å²) in [7, 11) is 0. The van der Waals surface area contributed by atoms with Gasteiger partial charge in [-0.2, -0.15) is 0 Å². The Morgan fingerprint density at radius 2 is 1.91 bits per heavy atom. The van der Waals surface area contributed by atoms with Crippen LogP contribution in [0.3, 0.4) is 0 Å². The SMILES string of the molecule is O=C(NC1CCC(O)CC1)c1cccnc1N1CCCCC1. The van der Waals surface area contributed by atoms with E-state index in [4.69, 9.17) is 0 Å². The zero-order valence-electron chi connectivity index (χ0n) is 13.0. The normalized spacial score (nSPS) is 25.8. The molecule has 120 valence electrons. The second kappa shape index (κ2) is 7.09. The largest absolute Gasteiger partial charge is 0.393 e. The van der Waals surface area contributed by atoms with Crippen LogP contribution in [0.2, 0.25) is 0 Å². The Balaban J connectivity index is 1.69. The number of carbonyl (C=O) groups is 1. The van der Waals surface area contributed by atoms with Crippen LogP contribution in [0.1, 0.15) is 55.3 Å². The van der Waals surface area contributed by atoms with Crippen molar-refractivity contribution in [1.82, 2.24) is 10.3 Å². The number of pyridine rings is 1. The van der Waals surface area contributed by atoms with Crippen molar-refractivity contribution in [3.63, 3.8) is 0 Å². The van der Waals surface area contributed by atoms with Crippen LogP contribution >= 0.6 is 0 Å². The molecule has 1 amide bonds. The van der Waals surface area contributed by atoms with Crippen LogP contribution in [0.25, 0.3) is 0 Å². The van der Waals surface area contributed by atoms with E-state index in [1.165, 1.54) is 6.42 Å². The van der Waals surface area contributed by atoms with Crippen LogP contribution in [0, 0.1) is 0 Å². The fourth-order valence-electron chi connectivity index (χ4n) is 3.42. The van der Waals surface area contributed by atoms with Crippen molar-refractivity contribution in [2.45, 2.75) is 57.1 Å². The van der Waals surface area contributed by atoms with Crippen molar-refractivity contribution in [1.29, 1.82) is 0 Å². The van der Waals surface area contributed by atoms with Gasteiger partial charge in [0.2, 0.25) is 0 Å². The zero-order chi connectivity index (χ0) is 15.4. The number of rotatable bonds is 3. The summed E-state index contributed by atoms with van der Waals surface area (Å²) in [6.07, 6.45) is 8.41. The average molecular weight is 303 g/mol. The molecule has 0 aromatic carbocycles. The molecule has 1 aromatic rings.